The molecule has 1 amide bonds. The van der Waals surface area contributed by atoms with Gasteiger partial charge in [0, 0.05) is 10.1 Å². The molecule has 0 aliphatic rings. The quantitative estimate of drug-likeness (QED) is 0.561. The average Bonchev–Trinajstić information content (AvgIpc) is 2.81. The van der Waals surface area contributed by atoms with Gasteiger partial charge in [-0.2, -0.15) is 0 Å². The van der Waals surface area contributed by atoms with Gasteiger partial charge >= 0.3 is 0 Å². The second kappa shape index (κ2) is 6.16. The summed E-state index contributed by atoms with van der Waals surface area (Å²) >= 11 is 14.1. The van der Waals surface area contributed by atoms with E-state index in [2.05, 4.69) is 5.32 Å². The van der Waals surface area contributed by atoms with Gasteiger partial charge in [0.25, 0.3) is 5.91 Å². The molecule has 1 aromatic heterocycles. The maximum absolute atomic E-state index is 12.7. The highest BCUT2D eigenvalue weighted by atomic mass is 35.5. The molecular formula is C18H15Cl2NOS. The Hall–Kier alpha value is -1.55. The van der Waals surface area contributed by atoms with E-state index in [1.54, 1.807) is 0 Å². The van der Waals surface area contributed by atoms with Gasteiger partial charge in [-0.05, 0) is 49.6 Å². The second-order valence-corrected chi connectivity index (χ2v) is 7.42. The van der Waals surface area contributed by atoms with Crippen LogP contribution in [0.25, 0.3) is 10.1 Å². The van der Waals surface area contributed by atoms with Crippen molar-refractivity contribution in [2.24, 2.45) is 0 Å². The molecule has 1 N–H and O–H groups in total. The fraction of sp³-hybridized carbons (Fsp3) is 0.167. The zero-order valence-electron chi connectivity index (χ0n) is 13.0. The number of amides is 1. The van der Waals surface area contributed by atoms with Crippen molar-refractivity contribution in [3.63, 3.8) is 0 Å². The zero-order chi connectivity index (χ0) is 16.7. The van der Waals surface area contributed by atoms with Crippen LogP contribution in [0.15, 0.2) is 30.3 Å². The van der Waals surface area contributed by atoms with Crippen molar-refractivity contribution in [3.05, 3.63) is 61.9 Å². The average molecular weight is 364 g/mol. The number of benzene rings is 2. The first-order chi connectivity index (χ1) is 10.9. The summed E-state index contributed by atoms with van der Waals surface area (Å²) in [5, 5.41) is 4.87. The molecule has 118 valence electrons. The first-order valence-electron chi connectivity index (χ1n) is 7.14. The van der Waals surface area contributed by atoms with Crippen molar-refractivity contribution < 1.29 is 4.79 Å². The van der Waals surface area contributed by atoms with Gasteiger partial charge in [0.1, 0.15) is 4.88 Å². The van der Waals surface area contributed by atoms with E-state index in [4.69, 9.17) is 23.2 Å². The molecule has 5 heteroatoms. The molecule has 0 aliphatic heterocycles. The largest absolute Gasteiger partial charge is 0.320 e. The van der Waals surface area contributed by atoms with Crippen LogP contribution in [0.5, 0.6) is 0 Å². The predicted octanol–water partition coefficient (Wildman–Crippen LogP) is 6.39. The summed E-state index contributed by atoms with van der Waals surface area (Å²) in [6, 6.07) is 9.75. The van der Waals surface area contributed by atoms with Crippen LogP contribution in [0.2, 0.25) is 10.0 Å². The number of anilines is 1. The summed E-state index contributed by atoms with van der Waals surface area (Å²) in [5.41, 5.74) is 3.68. The molecule has 3 rings (SSSR count). The van der Waals surface area contributed by atoms with Crippen molar-refractivity contribution in [3.8, 4) is 0 Å². The van der Waals surface area contributed by atoms with Crippen LogP contribution >= 0.6 is 34.5 Å². The Morgan fingerprint density at radius 2 is 1.83 bits per heavy atom. The summed E-state index contributed by atoms with van der Waals surface area (Å²) in [4.78, 5) is 13.2. The Kier molecular flexibility index (Phi) is 4.37. The van der Waals surface area contributed by atoms with E-state index in [9.17, 15) is 4.79 Å². The fourth-order valence-corrected chi connectivity index (χ4v) is 4.61. The smallest absolute Gasteiger partial charge is 0.267 e. The molecule has 0 fully saturated rings. The minimum absolute atomic E-state index is 0.232. The molecule has 23 heavy (non-hydrogen) atoms. The molecule has 2 nitrogen and oxygen atoms in total. The van der Waals surface area contributed by atoms with E-state index in [1.165, 1.54) is 11.3 Å². The molecule has 3 aromatic rings. The lowest BCUT2D eigenvalue weighted by atomic mass is 10.1. The Morgan fingerprint density at radius 1 is 1.09 bits per heavy atom. The van der Waals surface area contributed by atoms with Gasteiger partial charge in [0.2, 0.25) is 0 Å². The summed E-state index contributed by atoms with van der Waals surface area (Å²) in [6.07, 6.45) is 0. The summed E-state index contributed by atoms with van der Waals surface area (Å²) in [7, 11) is 0. The van der Waals surface area contributed by atoms with Crippen molar-refractivity contribution in [2.75, 3.05) is 5.32 Å². The maximum Gasteiger partial charge on any atom is 0.267 e. The number of halogens is 2. The molecule has 1 heterocycles. The van der Waals surface area contributed by atoms with E-state index in [-0.39, 0.29) is 5.91 Å². The molecule has 0 spiro atoms. The molecule has 0 bridgehead atoms. The highest BCUT2D eigenvalue weighted by molar-refractivity contribution is 7.21. The number of carbonyl (C=O) groups excluding carboxylic acids is 1. The van der Waals surface area contributed by atoms with Crippen LogP contribution in [0.3, 0.4) is 0 Å². The number of thiophene rings is 1. The normalized spacial score (nSPS) is 11.0. The molecule has 0 unspecified atom stereocenters. The molecule has 2 aromatic carbocycles. The first-order valence-corrected chi connectivity index (χ1v) is 8.71. The fourth-order valence-electron chi connectivity index (χ4n) is 2.67. The lowest BCUT2D eigenvalue weighted by Gasteiger charge is -2.11. The summed E-state index contributed by atoms with van der Waals surface area (Å²) < 4.78 is 1.01. The minimum Gasteiger partial charge on any atom is -0.320 e. The van der Waals surface area contributed by atoms with Crippen LogP contribution in [0.4, 0.5) is 5.69 Å². The van der Waals surface area contributed by atoms with Gasteiger partial charge in [-0.15, -0.1) is 11.3 Å². The molecular weight excluding hydrogens is 349 g/mol. The summed E-state index contributed by atoms with van der Waals surface area (Å²) in [6.45, 7) is 5.88. The highest BCUT2D eigenvalue weighted by Crippen LogP contribution is 2.38. The number of rotatable bonds is 2. The number of hydrogen-bond acceptors (Lipinski definition) is 2. The standard InChI is InChI=1S/C18H15Cl2NOS/c1-9-7-11(3)16(12(19)8-9)21-18(22)17-15(20)14-10(2)5-4-6-13(14)23-17/h4-8H,1-3H3,(H,21,22). The topological polar surface area (TPSA) is 29.1 Å². The summed E-state index contributed by atoms with van der Waals surface area (Å²) in [5.74, 6) is -0.232. The zero-order valence-corrected chi connectivity index (χ0v) is 15.3. The highest BCUT2D eigenvalue weighted by Gasteiger charge is 2.19. The molecule has 0 radical (unpaired) electrons. The van der Waals surface area contributed by atoms with Crippen molar-refractivity contribution >= 4 is 56.2 Å². The van der Waals surface area contributed by atoms with Crippen LogP contribution in [-0.2, 0) is 0 Å². The molecule has 0 aliphatic carbocycles. The molecule has 0 saturated heterocycles. The van der Waals surface area contributed by atoms with E-state index in [0.29, 0.717) is 20.6 Å². The maximum atomic E-state index is 12.7. The number of aryl methyl sites for hydroxylation is 3. The van der Waals surface area contributed by atoms with Gasteiger partial charge in [-0.25, -0.2) is 0 Å². The second-order valence-electron chi connectivity index (χ2n) is 5.59. The molecule has 0 atom stereocenters. The Balaban J connectivity index is 2.02. The lowest BCUT2D eigenvalue weighted by molar-refractivity contribution is 0.103. The van der Waals surface area contributed by atoms with Crippen molar-refractivity contribution in [1.82, 2.24) is 0 Å². The Labute approximate surface area is 149 Å². The van der Waals surface area contributed by atoms with Gasteiger partial charge in [-0.1, -0.05) is 41.4 Å². The Morgan fingerprint density at radius 3 is 2.48 bits per heavy atom. The van der Waals surface area contributed by atoms with Gasteiger partial charge in [0.05, 0.1) is 15.7 Å². The Bertz CT molecular complexity index is 907. The van der Waals surface area contributed by atoms with Crippen LogP contribution in [0, 0.1) is 20.8 Å². The van der Waals surface area contributed by atoms with Gasteiger partial charge < -0.3 is 5.32 Å². The lowest BCUT2D eigenvalue weighted by Crippen LogP contribution is -2.12. The van der Waals surface area contributed by atoms with Crippen molar-refractivity contribution in [2.45, 2.75) is 20.8 Å². The third kappa shape index (κ3) is 2.97. The van der Waals surface area contributed by atoms with Crippen LogP contribution in [-0.4, -0.2) is 5.91 Å². The number of nitrogens with one attached hydrogen (secondary N) is 1. The van der Waals surface area contributed by atoms with E-state index < -0.39 is 0 Å². The van der Waals surface area contributed by atoms with Crippen molar-refractivity contribution in [1.29, 1.82) is 0 Å². The van der Waals surface area contributed by atoms with Crippen LogP contribution < -0.4 is 5.32 Å². The number of carbonyl (C=O) groups is 1. The van der Waals surface area contributed by atoms with E-state index in [1.807, 2.05) is 51.1 Å². The predicted molar refractivity (Wildman–Crippen MR) is 100 cm³/mol. The van der Waals surface area contributed by atoms with E-state index in [0.717, 1.165) is 26.8 Å². The third-order valence-corrected chi connectivity index (χ3v) is 5.68. The van der Waals surface area contributed by atoms with E-state index >= 15 is 0 Å². The molecule has 0 saturated carbocycles. The number of hydrogen-bond donors (Lipinski definition) is 1. The first kappa shape index (κ1) is 16.3. The third-order valence-electron chi connectivity index (χ3n) is 3.74. The van der Waals surface area contributed by atoms with Gasteiger partial charge in [0.15, 0.2) is 0 Å². The number of fused-ring (bicyclic) bond motifs is 1. The van der Waals surface area contributed by atoms with Gasteiger partial charge in [-0.3, -0.25) is 4.79 Å². The van der Waals surface area contributed by atoms with Crippen LogP contribution in [0.1, 0.15) is 26.4 Å². The SMILES string of the molecule is Cc1cc(C)c(NC(=O)c2sc3cccc(C)c3c2Cl)c(Cl)c1. The minimum atomic E-state index is -0.232. The monoisotopic (exact) mass is 363 g/mol.